The maximum Gasteiger partial charge on any atom is 0.163 e. The highest BCUT2D eigenvalue weighted by Gasteiger charge is 2.46. The smallest absolute Gasteiger partial charge is 0.163 e. The van der Waals surface area contributed by atoms with Gasteiger partial charge in [0.1, 0.15) is 18.3 Å². The van der Waals surface area contributed by atoms with Crippen LogP contribution in [0.4, 0.5) is 0 Å². The van der Waals surface area contributed by atoms with Crippen molar-refractivity contribution in [3.05, 3.63) is 71.8 Å². The van der Waals surface area contributed by atoms with Gasteiger partial charge in [-0.25, -0.2) is 0 Å². The van der Waals surface area contributed by atoms with Crippen LogP contribution < -0.4 is 0 Å². The Kier molecular flexibility index (Phi) is 7.69. The number of benzene rings is 2. The summed E-state index contributed by atoms with van der Waals surface area (Å²) in [6.07, 6.45) is -0.582. The van der Waals surface area contributed by atoms with Crippen molar-refractivity contribution in [2.45, 2.75) is 56.5 Å². The first-order valence-electron chi connectivity index (χ1n) is 11.0. The molecule has 2 fully saturated rings. The lowest BCUT2D eigenvalue weighted by Gasteiger charge is -2.36. The zero-order valence-electron chi connectivity index (χ0n) is 18.6. The first-order valence-corrected chi connectivity index (χ1v) is 12.0. The average Bonchev–Trinajstić information content (AvgIpc) is 3.36. The Labute approximate surface area is 190 Å². The van der Waals surface area contributed by atoms with Crippen LogP contribution in [0.3, 0.4) is 0 Å². The monoisotopic (exact) mass is 443 g/mol. The van der Waals surface area contributed by atoms with Gasteiger partial charge >= 0.3 is 0 Å². The van der Waals surface area contributed by atoms with Gasteiger partial charge in [-0.3, -0.25) is 4.90 Å². The molecule has 0 saturated carbocycles. The molecular formula is C25H33NO4S. The molecule has 2 heterocycles. The van der Waals surface area contributed by atoms with E-state index in [1.165, 1.54) is 0 Å². The Morgan fingerprint density at radius 3 is 2.03 bits per heavy atom. The van der Waals surface area contributed by atoms with Crippen LogP contribution in [-0.4, -0.2) is 60.3 Å². The largest absolute Gasteiger partial charge is 0.368 e. The molecule has 0 bridgehead atoms. The number of rotatable bonds is 9. The fourth-order valence-corrected chi connectivity index (χ4v) is 5.50. The number of likely N-dealkylation sites (N-methyl/N-ethyl adjacent to an activating group) is 1. The number of hydrogen-bond acceptors (Lipinski definition) is 6. The van der Waals surface area contributed by atoms with Crippen molar-refractivity contribution in [3.8, 4) is 0 Å². The molecule has 2 saturated heterocycles. The van der Waals surface area contributed by atoms with Crippen molar-refractivity contribution in [2.24, 2.45) is 0 Å². The van der Waals surface area contributed by atoms with Crippen LogP contribution in [0.25, 0.3) is 0 Å². The van der Waals surface area contributed by atoms with E-state index in [4.69, 9.17) is 18.9 Å². The quantitative estimate of drug-likeness (QED) is 0.575. The minimum atomic E-state index is -0.613. The van der Waals surface area contributed by atoms with Crippen LogP contribution in [-0.2, 0) is 32.2 Å². The fourth-order valence-electron chi connectivity index (χ4n) is 4.08. The molecule has 6 heteroatoms. The van der Waals surface area contributed by atoms with E-state index in [9.17, 15) is 0 Å². The molecule has 0 aliphatic carbocycles. The highest BCUT2D eigenvalue weighted by Crippen LogP contribution is 2.35. The maximum absolute atomic E-state index is 6.59. The second-order valence-corrected chi connectivity index (χ2v) is 9.86. The molecule has 2 aromatic rings. The molecule has 2 aliphatic rings. The van der Waals surface area contributed by atoms with Crippen molar-refractivity contribution in [1.82, 2.24) is 4.90 Å². The van der Waals surface area contributed by atoms with E-state index in [1.54, 1.807) is 0 Å². The maximum atomic E-state index is 6.59. The number of hydrogen-bond donors (Lipinski definition) is 0. The summed E-state index contributed by atoms with van der Waals surface area (Å²) in [5, 5.41) is 0.205. The van der Waals surface area contributed by atoms with Gasteiger partial charge in [-0.2, -0.15) is 0 Å². The van der Waals surface area contributed by atoms with Crippen LogP contribution in [0, 0.1) is 0 Å². The summed E-state index contributed by atoms with van der Waals surface area (Å²) >= 11 is 1.93. The Morgan fingerprint density at radius 2 is 1.55 bits per heavy atom. The molecular weight excluding hydrogens is 410 g/mol. The molecule has 0 spiro atoms. The predicted octanol–water partition coefficient (Wildman–Crippen LogP) is 4.31. The molecule has 0 aromatic heterocycles. The summed E-state index contributed by atoms with van der Waals surface area (Å²) in [4.78, 5) is 2.36. The first-order chi connectivity index (χ1) is 15.0. The van der Waals surface area contributed by atoms with E-state index in [2.05, 4.69) is 36.2 Å². The Morgan fingerprint density at radius 1 is 0.968 bits per heavy atom. The van der Waals surface area contributed by atoms with Crippen molar-refractivity contribution in [3.63, 3.8) is 0 Å². The Bertz CT molecular complexity index is 804. The Hall–Kier alpha value is -1.41. The van der Waals surface area contributed by atoms with Crippen LogP contribution in [0.2, 0.25) is 0 Å². The van der Waals surface area contributed by atoms with Gasteiger partial charge in [-0.05, 0) is 32.0 Å². The zero-order valence-corrected chi connectivity index (χ0v) is 19.4. The van der Waals surface area contributed by atoms with Crippen molar-refractivity contribution < 1.29 is 18.9 Å². The molecule has 1 unspecified atom stereocenters. The van der Waals surface area contributed by atoms with E-state index in [0.29, 0.717) is 19.8 Å². The molecule has 2 aliphatic heterocycles. The van der Waals surface area contributed by atoms with Crippen LogP contribution >= 0.6 is 11.8 Å². The summed E-state index contributed by atoms with van der Waals surface area (Å²) in [6, 6.07) is 20.6. The predicted molar refractivity (Wildman–Crippen MR) is 124 cm³/mol. The number of ether oxygens (including phenoxy) is 4. The summed E-state index contributed by atoms with van der Waals surface area (Å²) in [5.74, 6) is 0.475. The van der Waals surface area contributed by atoms with Gasteiger partial charge in [0, 0.05) is 12.3 Å². The molecule has 31 heavy (non-hydrogen) atoms. The molecule has 2 aromatic carbocycles. The zero-order chi connectivity index (χ0) is 21.7. The first kappa shape index (κ1) is 22.8. The van der Waals surface area contributed by atoms with E-state index in [-0.39, 0.29) is 23.7 Å². The molecule has 4 rings (SSSR count). The van der Waals surface area contributed by atoms with E-state index in [0.717, 1.165) is 23.4 Å². The van der Waals surface area contributed by atoms with Crippen molar-refractivity contribution >= 4 is 11.8 Å². The van der Waals surface area contributed by atoms with Gasteiger partial charge in [0.25, 0.3) is 0 Å². The summed E-state index contributed by atoms with van der Waals surface area (Å²) < 4.78 is 25.3. The summed E-state index contributed by atoms with van der Waals surface area (Å²) in [7, 11) is 2.16. The average molecular weight is 444 g/mol. The van der Waals surface area contributed by atoms with E-state index >= 15 is 0 Å². The SMILES string of the molecule is CN1CCSC1[C@H](OCc1ccccc1)[C@H](OCc1ccccc1)[C@H]1COC(C)(C)O1. The third-order valence-corrected chi connectivity index (χ3v) is 7.13. The lowest BCUT2D eigenvalue weighted by Crippen LogP contribution is -2.51. The van der Waals surface area contributed by atoms with Gasteiger partial charge < -0.3 is 18.9 Å². The van der Waals surface area contributed by atoms with Crippen molar-refractivity contribution in [1.29, 1.82) is 0 Å². The number of thioether (sulfide) groups is 1. The third kappa shape index (κ3) is 6.09. The van der Waals surface area contributed by atoms with Gasteiger partial charge in [-0.1, -0.05) is 60.7 Å². The molecule has 0 radical (unpaired) electrons. The minimum absolute atomic E-state index is 0.149. The highest BCUT2D eigenvalue weighted by atomic mass is 32.2. The summed E-state index contributed by atoms with van der Waals surface area (Å²) in [5.41, 5.74) is 2.30. The summed E-state index contributed by atoms with van der Waals surface area (Å²) in [6.45, 7) is 6.50. The lowest BCUT2D eigenvalue weighted by molar-refractivity contribution is -0.182. The van der Waals surface area contributed by atoms with Gasteiger partial charge in [-0.15, -0.1) is 11.8 Å². The van der Waals surface area contributed by atoms with Gasteiger partial charge in [0.2, 0.25) is 0 Å². The lowest BCUT2D eigenvalue weighted by atomic mass is 10.1. The molecule has 168 valence electrons. The molecule has 4 atom stereocenters. The van der Waals surface area contributed by atoms with Gasteiger partial charge in [0.15, 0.2) is 5.79 Å². The standard InChI is InChI=1S/C25H33NO4S/c1-25(2)29-18-21(30-25)22(27-16-19-10-6-4-7-11-19)23(24-26(3)14-15-31-24)28-17-20-12-8-5-9-13-20/h4-13,21-24H,14-18H2,1-3H3/t21-,22-,23-,24?/m1/s1. The number of nitrogens with zero attached hydrogens (tertiary/aromatic N) is 1. The fraction of sp³-hybridized carbons (Fsp3) is 0.520. The third-order valence-electron chi connectivity index (χ3n) is 5.74. The van der Waals surface area contributed by atoms with Gasteiger partial charge in [0.05, 0.1) is 25.2 Å². The van der Waals surface area contributed by atoms with Crippen LogP contribution in [0.15, 0.2) is 60.7 Å². The highest BCUT2D eigenvalue weighted by molar-refractivity contribution is 8.00. The molecule has 0 amide bonds. The second kappa shape index (κ2) is 10.5. The molecule has 5 nitrogen and oxygen atoms in total. The van der Waals surface area contributed by atoms with Crippen molar-refractivity contribution in [2.75, 3.05) is 26.0 Å². The van der Waals surface area contributed by atoms with Crippen LogP contribution in [0.5, 0.6) is 0 Å². The Balaban J connectivity index is 1.56. The second-order valence-electron chi connectivity index (χ2n) is 8.63. The van der Waals surface area contributed by atoms with E-state index < -0.39 is 5.79 Å². The minimum Gasteiger partial charge on any atom is -0.368 e. The van der Waals surface area contributed by atoms with E-state index in [1.807, 2.05) is 62.0 Å². The normalized spacial score (nSPS) is 25.5. The topological polar surface area (TPSA) is 40.2 Å². The molecule has 0 N–H and O–H groups in total. The van der Waals surface area contributed by atoms with Crippen LogP contribution in [0.1, 0.15) is 25.0 Å².